The molecule has 1 rings (SSSR count). The summed E-state index contributed by atoms with van der Waals surface area (Å²) in [6, 6.07) is 0. The summed E-state index contributed by atoms with van der Waals surface area (Å²) in [5.74, 6) is -0.209. The molecule has 0 saturated carbocycles. The smallest absolute Gasteiger partial charge is 0.307 e. The Kier molecular flexibility index (Phi) is 5.10. The summed E-state index contributed by atoms with van der Waals surface area (Å²) in [4.78, 5) is 22.3. The van der Waals surface area contributed by atoms with Crippen LogP contribution in [0.25, 0.3) is 0 Å². The Bertz CT molecular complexity index is 225. The fourth-order valence-corrected chi connectivity index (χ4v) is 1.61. The molecule has 0 bridgehead atoms. The SMILES string of the molecule is COC(=O)CCNC(=O)C1CCCNC1. The lowest BCUT2D eigenvalue weighted by atomic mass is 9.99. The van der Waals surface area contributed by atoms with Crippen LogP contribution in [0.15, 0.2) is 0 Å². The van der Waals surface area contributed by atoms with E-state index in [0.29, 0.717) is 6.54 Å². The van der Waals surface area contributed by atoms with Crippen molar-refractivity contribution >= 4 is 11.9 Å². The van der Waals surface area contributed by atoms with Crippen molar-refractivity contribution in [1.29, 1.82) is 0 Å². The Hall–Kier alpha value is -1.10. The lowest BCUT2D eigenvalue weighted by Gasteiger charge is -2.21. The van der Waals surface area contributed by atoms with Crippen molar-refractivity contribution < 1.29 is 14.3 Å². The fraction of sp³-hybridized carbons (Fsp3) is 0.800. The second kappa shape index (κ2) is 6.40. The number of methoxy groups -OCH3 is 1. The first kappa shape index (κ1) is 12.0. The molecule has 1 saturated heterocycles. The molecule has 0 aromatic rings. The molecule has 15 heavy (non-hydrogen) atoms. The fourth-order valence-electron chi connectivity index (χ4n) is 1.61. The van der Waals surface area contributed by atoms with Crippen LogP contribution >= 0.6 is 0 Å². The summed E-state index contributed by atoms with van der Waals surface area (Å²) in [6.07, 6.45) is 2.20. The lowest BCUT2D eigenvalue weighted by Crippen LogP contribution is -2.41. The molecule has 1 amide bonds. The molecule has 1 fully saturated rings. The van der Waals surface area contributed by atoms with E-state index < -0.39 is 0 Å². The maximum absolute atomic E-state index is 11.6. The number of carbonyl (C=O) groups is 2. The molecule has 0 radical (unpaired) electrons. The van der Waals surface area contributed by atoms with Crippen molar-refractivity contribution in [3.05, 3.63) is 0 Å². The van der Waals surface area contributed by atoms with Crippen LogP contribution in [0.5, 0.6) is 0 Å². The van der Waals surface area contributed by atoms with Gasteiger partial charge in [0, 0.05) is 13.1 Å². The topological polar surface area (TPSA) is 67.4 Å². The normalized spacial score (nSPS) is 20.7. The van der Waals surface area contributed by atoms with Crippen LogP contribution in [0.2, 0.25) is 0 Å². The van der Waals surface area contributed by atoms with Crippen molar-refractivity contribution in [2.24, 2.45) is 5.92 Å². The molecular formula is C10H18N2O3. The van der Waals surface area contributed by atoms with E-state index in [4.69, 9.17) is 0 Å². The van der Waals surface area contributed by atoms with Crippen LogP contribution in [0.3, 0.4) is 0 Å². The molecule has 2 N–H and O–H groups in total. The highest BCUT2D eigenvalue weighted by molar-refractivity contribution is 5.79. The van der Waals surface area contributed by atoms with Crippen LogP contribution in [-0.2, 0) is 14.3 Å². The third-order valence-electron chi connectivity index (χ3n) is 2.52. The lowest BCUT2D eigenvalue weighted by molar-refractivity contribution is -0.140. The number of esters is 1. The highest BCUT2D eigenvalue weighted by atomic mass is 16.5. The average molecular weight is 214 g/mol. The van der Waals surface area contributed by atoms with Gasteiger partial charge >= 0.3 is 5.97 Å². The monoisotopic (exact) mass is 214 g/mol. The molecule has 1 aliphatic rings. The first-order valence-corrected chi connectivity index (χ1v) is 5.29. The predicted molar refractivity (Wildman–Crippen MR) is 55.2 cm³/mol. The Morgan fingerprint density at radius 1 is 1.53 bits per heavy atom. The van der Waals surface area contributed by atoms with Crippen molar-refractivity contribution in [2.75, 3.05) is 26.7 Å². The van der Waals surface area contributed by atoms with E-state index in [1.807, 2.05) is 0 Å². The van der Waals surface area contributed by atoms with Gasteiger partial charge < -0.3 is 15.4 Å². The predicted octanol–water partition coefficient (Wildman–Crippen LogP) is -0.335. The van der Waals surface area contributed by atoms with E-state index in [9.17, 15) is 9.59 Å². The first-order chi connectivity index (χ1) is 7.24. The zero-order chi connectivity index (χ0) is 11.1. The highest BCUT2D eigenvalue weighted by Crippen LogP contribution is 2.09. The largest absolute Gasteiger partial charge is 0.469 e. The van der Waals surface area contributed by atoms with Gasteiger partial charge in [-0.2, -0.15) is 0 Å². The molecule has 0 aromatic carbocycles. The molecule has 1 aliphatic heterocycles. The highest BCUT2D eigenvalue weighted by Gasteiger charge is 2.20. The summed E-state index contributed by atoms with van der Waals surface area (Å²) in [7, 11) is 1.34. The van der Waals surface area contributed by atoms with Gasteiger partial charge in [0.15, 0.2) is 0 Å². The van der Waals surface area contributed by atoms with E-state index >= 15 is 0 Å². The van der Waals surface area contributed by atoms with Crippen molar-refractivity contribution in [1.82, 2.24) is 10.6 Å². The molecule has 1 atom stereocenters. The minimum Gasteiger partial charge on any atom is -0.469 e. The maximum atomic E-state index is 11.6. The number of hydrogen-bond acceptors (Lipinski definition) is 4. The summed E-state index contributed by atoms with van der Waals surface area (Å²) in [5, 5.41) is 5.91. The number of ether oxygens (including phenoxy) is 1. The number of nitrogens with one attached hydrogen (secondary N) is 2. The van der Waals surface area contributed by atoms with Crippen molar-refractivity contribution in [2.45, 2.75) is 19.3 Å². The quantitative estimate of drug-likeness (QED) is 0.629. The molecule has 1 unspecified atom stereocenters. The minimum atomic E-state index is -0.294. The first-order valence-electron chi connectivity index (χ1n) is 5.29. The van der Waals surface area contributed by atoms with Crippen LogP contribution in [-0.4, -0.2) is 38.6 Å². The maximum Gasteiger partial charge on any atom is 0.307 e. The molecule has 5 nitrogen and oxygen atoms in total. The second-order valence-corrected chi connectivity index (χ2v) is 3.66. The van der Waals surface area contributed by atoms with E-state index in [1.54, 1.807) is 0 Å². The van der Waals surface area contributed by atoms with Gasteiger partial charge in [0.25, 0.3) is 0 Å². The van der Waals surface area contributed by atoms with Gasteiger partial charge in [-0.3, -0.25) is 9.59 Å². The Balaban J connectivity index is 2.14. The standard InChI is InChI=1S/C10H18N2O3/c1-15-9(13)4-6-12-10(14)8-3-2-5-11-7-8/h8,11H,2-7H2,1H3,(H,12,14). The zero-order valence-electron chi connectivity index (χ0n) is 9.04. The third-order valence-corrected chi connectivity index (χ3v) is 2.52. The average Bonchev–Trinajstić information content (AvgIpc) is 2.29. The number of hydrogen-bond donors (Lipinski definition) is 2. The number of carbonyl (C=O) groups excluding carboxylic acids is 2. The van der Waals surface area contributed by atoms with Crippen LogP contribution < -0.4 is 10.6 Å². The van der Waals surface area contributed by atoms with Gasteiger partial charge in [0.2, 0.25) is 5.91 Å². The molecular weight excluding hydrogens is 196 g/mol. The third kappa shape index (κ3) is 4.29. The molecule has 0 aliphatic carbocycles. The van der Waals surface area contributed by atoms with Crippen LogP contribution in [0.1, 0.15) is 19.3 Å². The Labute approximate surface area is 89.6 Å². The molecule has 0 spiro atoms. The zero-order valence-corrected chi connectivity index (χ0v) is 9.04. The summed E-state index contributed by atoms with van der Waals surface area (Å²) < 4.78 is 4.47. The Morgan fingerprint density at radius 3 is 2.93 bits per heavy atom. The van der Waals surface area contributed by atoms with Gasteiger partial charge in [-0.05, 0) is 19.4 Å². The van der Waals surface area contributed by atoms with E-state index in [0.717, 1.165) is 25.9 Å². The van der Waals surface area contributed by atoms with E-state index in [-0.39, 0.29) is 24.2 Å². The van der Waals surface area contributed by atoms with Crippen molar-refractivity contribution in [3.8, 4) is 0 Å². The van der Waals surface area contributed by atoms with Gasteiger partial charge in [-0.25, -0.2) is 0 Å². The summed E-state index contributed by atoms with van der Waals surface area (Å²) in [6.45, 7) is 2.10. The van der Waals surface area contributed by atoms with Gasteiger partial charge in [-0.15, -0.1) is 0 Å². The van der Waals surface area contributed by atoms with E-state index in [2.05, 4.69) is 15.4 Å². The molecule has 5 heteroatoms. The second-order valence-electron chi connectivity index (χ2n) is 3.66. The number of amides is 1. The molecule has 1 heterocycles. The number of piperidine rings is 1. The van der Waals surface area contributed by atoms with E-state index in [1.165, 1.54) is 7.11 Å². The summed E-state index contributed by atoms with van der Waals surface area (Å²) in [5.41, 5.74) is 0. The summed E-state index contributed by atoms with van der Waals surface area (Å²) >= 11 is 0. The Morgan fingerprint density at radius 2 is 2.33 bits per heavy atom. The van der Waals surface area contributed by atoms with Crippen molar-refractivity contribution in [3.63, 3.8) is 0 Å². The van der Waals surface area contributed by atoms with Gasteiger partial charge in [0.05, 0.1) is 19.4 Å². The van der Waals surface area contributed by atoms with Crippen LogP contribution in [0.4, 0.5) is 0 Å². The van der Waals surface area contributed by atoms with Crippen LogP contribution in [0, 0.1) is 5.92 Å². The van der Waals surface area contributed by atoms with Gasteiger partial charge in [0.1, 0.15) is 0 Å². The van der Waals surface area contributed by atoms with Gasteiger partial charge in [-0.1, -0.05) is 0 Å². The minimum absolute atomic E-state index is 0.0334. The molecule has 0 aromatic heterocycles. The molecule has 86 valence electrons. The number of rotatable bonds is 4.